The Bertz CT molecular complexity index is 346. The van der Waals surface area contributed by atoms with Gasteiger partial charge in [-0.05, 0) is 32.1 Å². The van der Waals surface area contributed by atoms with E-state index in [0.717, 1.165) is 32.1 Å². The fourth-order valence-electron chi connectivity index (χ4n) is 3.16. The predicted octanol–water partition coefficient (Wildman–Crippen LogP) is 2.99. The first kappa shape index (κ1) is 16.8. The number of carboxylic acid groups (broad SMARTS) is 1. The van der Waals surface area contributed by atoms with Gasteiger partial charge in [-0.1, -0.05) is 33.6 Å². The largest absolute Gasteiger partial charge is 0.479 e. The number of hydrogen-bond donors (Lipinski definition) is 2. The van der Waals surface area contributed by atoms with Gasteiger partial charge in [0.15, 0.2) is 0 Å². The van der Waals surface area contributed by atoms with Crippen LogP contribution in [0.2, 0.25) is 0 Å². The Kier molecular flexibility index (Phi) is 6.30. The number of amides is 2. The summed E-state index contributed by atoms with van der Waals surface area (Å²) in [6.07, 6.45) is 5.45. The molecule has 116 valence electrons. The maximum absolute atomic E-state index is 12.4. The van der Waals surface area contributed by atoms with Gasteiger partial charge in [0, 0.05) is 12.6 Å². The number of nitrogens with zero attached hydrogens (tertiary/aromatic N) is 1. The minimum atomic E-state index is -0.997. The molecular weight excluding hydrogens is 256 g/mol. The average molecular weight is 284 g/mol. The standard InChI is InChI=1S/C15H28N2O3/c1-4-8-12(6-3)16-14(20)17-11-7-10-15(17,9-5-2)13(18)19/h12H,4-11H2,1-3H3,(H,16,20)(H,18,19). The third-order valence-corrected chi connectivity index (χ3v) is 4.25. The Labute approximate surface area is 121 Å². The van der Waals surface area contributed by atoms with Gasteiger partial charge in [-0.2, -0.15) is 0 Å². The van der Waals surface area contributed by atoms with Gasteiger partial charge in [-0.3, -0.25) is 0 Å². The number of aliphatic carboxylic acids is 1. The quantitative estimate of drug-likeness (QED) is 0.755. The van der Waals surface area contributed by atoms with Crippen LogP contribution in [0.15, 0.2) is 0 Å². The Hall–Kier alpha value is -1.26. The van der Waals surface area contributed by atoms with Crippen LogP contribution in [0.1, 0.15) is 65.7 Å². The third kappa shape index (κ3) is 3.44. The Morgan fingerprint density at radius 2 is 2.00 bits per heavy atom. The number of nitrogens with one attached hydrogen (secondary N) is 1. The van der Waals surface area contributed by atoms with Crippen molar-refractivity contribution in [2.24, 2.45) is 0 Å². The Morgan fingerprint density at radius 1 is 1.30 bits per heavy atom. The molecule has 0 aromatic rings. The summed E-state index contributed by atoms with van der Waals surface area (Å²) in [5, 5.41) is 12.6. The molecule has 0 saturated carbocycles. The first-order chi connectivity index (χ1) is 9.51. The Balaban J connectivity index is 2.81. The van der Waals surface area contributed by atoms with Gasteiger partial charge in [0.2, 0.25) is 0 Å². The van der Waals surface area contributed by atoms with E-state index >= 15 is 0 Å². The third-order valence-electron chi connectivity index (χ3n) is 4.25. The molecule has 5 heteroatoms. The number of likely N-dealkylation sites (tertiary alicyclic amines) is 1. The van der Waals surface area contributed by atoms with E-state index in [9.17, 15) is 14.7 Å². The fraction of sp³-hybridized carbons (Fsp3) is 0.867. The van der Waals surface area contributed by atoms with Crippen molar-refractivity contribution in [1.82, 2.24) is 10.2 Å². The van der Waals surface area contributed by atoms with Crippen molar-refractivity contribution < 1.29 is 14.7 Å². The molecule has 1 rings (SSSR count). The molecule has 0 aromatic heterocycles. The molecule has 1 heterocycles. The highest BCUT2D eigenvalue weighted by Gasteiger charge is 2.49. The van der Waals surface area contributed by atoms with Crippen LogP contribution in [0.4, 0.5) is 4.79 Å². The zero-order valence-electron chi connectivity index (χ0n) is 12.9. The van der Waals surface area contributed by atoms with E-state index in [0.29, 0.717) is 19.4 Å². The fourth-order valence-corrected chi connectivity index (χ4v) is 3.16. The maximum atomic E-state index is 12.4. The molecular formula is C15H28N2O3. The average Bonchev–Trinajstić information content (AvgIpc) is 2.83. The lowest BCUT2D eigenvalue weighted by Crippen LogP contribution is -2.57. The van der Waals surface area contributed by atoms with Gasteiger partial charge < -0.3 is 15.3 Å². The monoisotopic (exact) mass is 284 g/mol. The summed E-state index contributed by atoms with van der Waals surface area (Å²) in [5.41, 5.74) is -0.997. The van der Waals surface area contributed by atoms with E-state index < -0.39 is 11.5 Å². The van der Waals surface area contributed by atoms with Crippen LogP contribution < -0.4 is 5.32 Å². The summed E-state index contributed by atoms with van der Waals surface area (Å²) in [7, 11) is 0. The summed E-state index contributed by atoms with van der Waals surface area (Å²) < 4.78 is 0. The predicted molar refractivity (Wildman–Crippen MR) is 78.7 cm³/mol. The van der Waals surface area contributed by atoms with Crippen LogP contribution in [-0.2, 0) is 4.79 Å². The van der Waals surface area contributed by atoms with Crippen molar-refractivity contribution in [3.05, 3.63) is 0 Å². The van der Waals surface area contributed by atoms with Crippen molar-refractivity contribution in [3.63, 3.8) is 0 Å². The van der Waals surface area contributed by atoms with Crippen LogP contribution in [0.3, 0.4) is 0 Å². The zero-order chi connectivity index (χ0) is 15.2. The Morgan fingerprint density at radius 3 is 2.50 bits per heavy atom. The molecule has 0 bridgehead atoms. The number of hydrogen-bond acceptors (Lipinski definition) is 2. The van der Waals surface area contributed by atoms with Crippen LogP contribution >= 0.6 is 0 Å². The van der Waals surface area contributed by atoms with Gasteiger partial charge in [0.1, 0.15) is 5.54 Å². The molecule has 2 atom stereocenters. The van der Waals surface area contributed by atoms with Gasteiger partial charge in [0.05, 0.1) is 0 Å². The minimum absolute atomic E-state index is 0.140. The molecule has 1 fully saturated rings. The van der Waals surface area contributed by atoms with E-state index in [-0.39, 0.29) is 12.1 Å². The summed E-state index contributed by atoms with van der Waals surface area (Å²) in [5.74, 6) is -0.865. The second-order valence-corrected chi connectivity index (χ2v) is 5.69. The van der Waals surface area contributed by atoms with Crippen molar-refractivity contribution in [3.8, 4) is 0 Å². The lowest BCUT2D eigenvalue weighted by atomic mass is 9.91. The highest BCUT2D eigenvalue weighted by Crippen LogP contribution is 2.34. The summed E-state index contributed by atoms with van der Waals surface area (Å²) in [4.78, 5) is 25.7. The second-order valence-electron chi connectivity index (χ2n) is 5.69. The number of urea groups is 1. The van der Waals surface area contributed by atoms with E-state index in [1.165, 1.54) is 0 Å². The van der Waals surface area contributed by atoms with Crippen LogP contribution in [-0.4, -0.2) is 40.1 Å². The van der Waals surface area contributed by atoms with E-state index in [1.807, 2.05) is 13.8 Å². The molecule has 0 aliphatic carbocycles. The molecule has 1 aliphatic rings. The summed E-state index contributed by atoms with van der Waals surface area (Å²) in [6.45, 7) is 6.64. The van der Waals surface area contributed by atoms with Crippen molar-refractivity contribution in [2.75, 3.05) is 6.54 Å². The minimum Gasteiger partial charge on any atom is -0.479 e. The highest BCUT2D eigenvalue weighted by molar-refractivity contribution is 5.87. The van der Waals surface area contributed by atoms with Gasteiger partial charge >= 0.3 is 12.0 Å². The summed E-state index contributed by atoms with van der Waals surface area (Å²) in [6, 6.07) is -0.0696. The number of carbonyl (C=O) groups is 2. The smallest absolute Gasteiger partial charge is 0.329 e. The molecule has 1 aliphatic heterocycles. The van der Waals surface area contributed by atoms with E-state index in [4.69, 9.17) is 0 Å². The number of carbonyl (C=O) groups excluding carboxylic acids is 1. The SMILES string of the molecule is CCCC(CC)NC(=O)N1CCCC1(CCC)C(=O)O. The number of rotatable bonds is 7. The van der Waals surface area contributed by atoms with Crippen molar-refractivity contribution >= 4 is 12.0 Å². The first-order valence-corrected chi connectivity index (χ1v) is 7.83. The van der Waals surface area contributed by atoms with Crippen LogP contribution in [0, 0.1) is 0 Å². The molecule has 2 unspecified atom stereocenters. The van der Waals surface area contributed by atoms with Gasteiger partial charge in [-0.25, -0.2) is 9.59 Å². The zero-order valence-corrected chi connectivity index (χ0v) is 12.9. The van der Waals surface area contributed by atoms with Gasteiger partial charge in [-0.15, -0.1) is 0 Å². The molecule has 2 amide bonds. The van der Waals surface area contributed by atoms with Crippen molar-refractivity contribution in [2.45, 2.75) is 77.3 Å². The second kappa shape index (κ2) is 7.50. The van der Waals surface area contributed by atoms with E-state index in [2.05, 4.69) is 12.2 Å². The van der Waals surface area contributed by atoms with Crippen molar-refractivity contribution in [1.29, 1.82) is 0 Å². The molecule has 5 nitrogen and oxygen atoms in total. The van der Waals surface area contributed by atoms with Crippen LogP contribution in [0.5, 0.6) is 0 Å². The topological polar surface area (TPSA) is 69.6 Å². The lowest BCUT2D eigenvalue weighted by molar-refractivity contribution is -0.148. The maximum Gasteiger partial charge on any atom is 0.329 e. The molecule has 20 heavy (non-hydrogen) atoms. The number of carboxylic acids is 1. The molecule has 2 N–H and O–H groups in total. The molecule has 0 spiro atoms. The van der Waals surface area contributed by atoms with Crippen LogP contribution in [0.25, 0.3) is 0 Å². The summed E-state index contributed by atoms with van der Waals surface area (Å²) >= 11 is 0. The van der Waals surface area contributed by atoms with Gasteiger partial charge in [0.25, 0.3) is 0 Å². The highest BCUT2D eigenvalue weighted by atomic mass is 16.4. The normalized spacial score (nSPS) is 23.6. The molecule has 1 saturated heterocycles. The first-order valence-electron chi connectivity index (χ1n) is 7.83. The van der Waals surface area contributed by atoms with E-state index in [1.54, 1.807) is 4.90 Å². The molecule has 0 aromatic carbocycles. The lowest BCUT2D eigenvalue weighted by Gasteiger charge is -2.35. The molecule has 0 radical (unpaired) electrons.